The van der Waals surface area contributed by atoms with Gasteiger partial charge in [-0.3, -0.25) is 14.9 Å². The lowest BCUT2D eigenvalue weighted by atomic mass is 9.82. The first-order valence-electron chi connectivity index (χ1n) is 6.65. The predicted molar refractivity (Wildman–Crippen MR) is 76.9 cm³/mol. The summed E-state index contributed by atoms with van der Waals surface area (Å²) >= 11 is 0. The fourth-order valence-electron chi connectivity index (χ4n) is 2.44. The fourth-order valence-corrected chi connectivity index (χ4v) is 2.44. The summed E-state index contributed by atoms with van der Waals surface area (Å²) in [4.78, 5) is 24.0. The molecule has 6 heteroatoms. The van der Waals surface area contributed by atoms with Crippen LogP contribution in [0.4, 0.5) is 11.4 Å². The van der Waals surface area contributed by atoms with E-state index in [0.717, 1.165) is 12.8 Å². The number of nitrogens with one attached hydrogen (secondary N) is 1. The summed E-state index contributed by atoms with van der Waals surface area (Å²) in [6.07, 6.45) is 2.01. The van der Waals surface area contributed by atoms with Crippen molar-refractivity contribution in [2.75, 3.05) is 19.4 Å². The van der Waals surface area contributed by atoms with Crippen molar-refractivity contribution in [1.82, 2.24) is 4.90 Å². The molecule has 1 aromatic carbocycles. The molecule has 1 amide bonds. The van der Waals surface area contributed by atoms with Gasteiger partial charge in [0.1, 0.15) is 5.69 Å². The van der Waals surface area contributed by atoms with Crippen LogP contribution in [0.3, 0.4) is 0 Å². The van der Waals surface area contributed by atoms with E-state index in [-0.39, 0.29) is 17.6 Å². The van der Waals surface area contributed by atoms with Gasteiger partial charge in [-0.1, -0.05) is 6.92 Å². The SMILES string of the molecule is CC1CC(Nc2cc(C(=O)N(C)C)ccc2[N+](=O)[O-])C1. The summed E-state index contributed by atoms with van der Waals surface area (Å²) in [5.74, 6) is 0.489. The lowest BCUT2D eigenvalue weighted by Gasteiger charge is -2.34. The molecule has 2 rings (SSSR count). The highest BCUT2D eigenvalue weighted by Gasteiger charge is 2.27. The van der Waals surface area contributed by atoms with E-state index < -0.39 is 4.92 Å². The molecule has 0 saturated heterocycles. The maximum absolute atomic E-state index is 11.9. The molecule has 1 saturated carbocycles. The average molecular weight is 277 g/mol. The maximum Gasteiger partial charge on any atom is 0.292 e. The number of amides is 1. The molecule has 0 aromatic heterocycles. The predicted octanol–water partition coefficient (Wildman–Crippen LogP) is 2.51. The maximum atomic E-state index is 11.9. The van der Waals surface area contributed by atoms with Gasteiger partial charge in [0, 0.05) is 31.8 Å². The van der Waals surface area contributed by atoms with Crippen LogP contribution in [-0.2, 0) is 0 Å². The van der Waals surface area contributed by atoms with Crippen molar-refractivity contribution < 1.29 is 9.72 Å². The first kappa shape index (κ1) is 14.3. The molecule has 1 fully saturated rings. The Morgan fingerprint density at radius 1 is 1.40 bits per heavy atom. The molecule has 0 atom stereocenters. The van der Waals surface area contributed by atoms with Crippen molar-refractivity contribution in [2.24, 2.45) is 5.92 Å². The third kappa shape index (κ3) is 2.89. The smallest absolute Gasteiger partial charge is 0.292 e. The molecular formula is C14H19N3O3. The van der Waals surface area contributed by atoms with E-state index in [2.05, 4.69) is 12.2 Å². The van der Waals surface area contributed by atoms with Crippen LogP contribution in [0, 0.1) is 16.0 Å². The lowest BCUT2D eigenvalue weighted by Crippen LogP contribution is -2.34. The minimum Gasteiger partial charge on any atom is -0.377 e. The van der Waals surface area contributed by atoms with Gasteiger partial charge in [0.2, 0.25) is 0 Å². The Labute approximate surface area is 117 Å². The number of nitro benzene ring substituents is 1. The number of carbonyl (C=O) groups excluding carboxylic acids is 1. The van der Waals surface area contributed by atoms with E-state index in [4.69, 9.17) is 0 Å². The molecule has 0 aliphatic heterocycles. The van der Waals surface area contributed by atoms with E-state index in [0.29, 0.717) is 17.2 Å². The topological polar surface area (TPSA) is 75.5 Å². The molecule has 0 unspecified atom stereocenters. The highest BCUT2D eigenvalue weighted by Crippen LogP contribution is 2.33. The number of carbonyl (C=O) groups is 1. The normalized spacial score (nSPS) is 20.9. The molecule has 0 heterocycles. The molecule has 1 N–H and O–H groups in total. The molecule has 108 valence electrons. The number of benzene rings is 1. The highest BCUT2D eigenvalue weighted by molar-refractivity contribution is 5.95. The van der Waals surface area contributed by atoms with Gasteiger partial charge in [0.05, 0.1) is 4.92 Å². The molecule has 1 aromatic rings. The summed E-state index contributed by atoms with van der Waals surface area (Å²) in [6.45, 7) is 2.15. The van der Waals surface area contributed by atoms with Gasteiger partial charge in [-0.15, -0.1) is 0 Å². The minimum absolute atomic E-state index is 0.0138. The Hall–Kier alpha value is -2.11. The van der Waals surface area contributed by atoms with E-state index in [1.165, 1.54) is 17.0 Å². The van der Waals surface area contributed by atoms with Crippen molar-refractivity contribution in [3.8, 4) is 0 Å². The molecule has 0 radical (unpaired) electrons. The minimum atomic E-state index is -0.422. The van der Waals surface area contributed by atoms with Crippen molar-refractivity contribution in [2.45, 2.75) is 25.8 Å². The largest absolute Gasteiger partial charge is 0.377 e. The monoisotopic (exact) mass is 277 g/mol. The molecule has 6 nitrogen and oxygen atoms in total. The van der Waals surface area contributed by atoms with Crippen LogP contribution in [0.25, 0.3) is 0 Å². The standard InChI is InChI=1S/C14H19N3O3/c1-9-6-11(7-9)15-12-8-10(14(18)16(2)3)4-5-13(12)17(19)20/h4-5,8-9,11,15H,6-7H2,1-3H3. The Kier molecular flexibility index (Phi) is 3.92. The Bertz CT molecular complexity index is 536. The van der Waals surface area contributed by atoms with Gasteiger partial charge in [-0.2, -0.15) is 0 Å². The van der Waals surface area contributed by atoms with Crippen molar-refractivity contribution >= 4 is 17.3 Å². The van der Waals surface area contributed by atoms with Crippen LogP contribution in [-0.4, -0.2) is 35.9 Å². The van der Waals surface area contributed by atoms with Crippen LogP contribution >= 0.6 is 0 Å². The number of nitro groups is 1. The summed E-state index contributed by atoms with van der Waals surface area (Å²) in [5.41, 5.74) is 0.898. The molecule has 20 heavy (non-hydrogen) atoms. The Balaban J connectivity index is 2.27. The summed E-state index contributed by atoms with van der Waals surface area (Å²) in [7, 11) is 3.31. The number of anilines is 1. The van der Waals surface area contributed by atoms with Crippen LogP contribution in [0.2, 0.25) is 0 Å². The molecule has 1 aliphatic carbocycles. The van der Waals surface area contributed by atoms with Gasteiger partial charge in [-0.05, 0) is 30.9 Å². The van der Waals surface area contributed by atoms with Crippen LogP contribution in [0.5, 0.6) is 0 Å². The quantitative estimate of drug-likeness (QED) is 0.677. The first-order valence-corrected chi connectivity index (χ1v) is 6.65. The van der Waals surface area contributed by atoms with Gasteiger partial charge >= 0.3 is 0 Å². The van der Waals surface area contributed by atoms with Crippen LogP contribution in [0.15, 0.2) is 18.2 Å². The summed E-state index contributed by atoms with van der Waals surface area (Å²) in [6, 6.07) is 4.72. The van der Waals surface area contributed by atoms with Gasteiger partial charge in [0.15, 0.2) is 0 Å². The molecule has 1 aliphatic rings. The van der Waals surface area contributed by atoms with Gasteiger partial charge < -0.3 is 10.2 Å². The Morgan fingerprint density at radius 2 is 2.05 bits per heavy atom. The first-order chi connectivity index (χ1) is 9.38. The lowest BCUT2D eigenvalue weighted by molar-refractivity contribution is -0.384. The third-order valence-corrected chi connectivity index (χ3v) is 3.58. The zero-order valence-electron chi connectivity index (χ0n) is 11.9. The highest BCUT2D eigenvalue weighted by atomic mass is 16.6. The second-order valence-corrected chi connectivity index (χ2v) is 5.61. The zero-order valence-corrected chi connectivity index (χ0v) is 11.9. The van der Waals surface area contributed by atoms with Crippen LogP contribution in [0.1, 0.15) is 30.1 Å². The fraction of sp³-hybridized carbons (Fsp3) is 0.500. The van der Waals surface area contributed by atoms with E-state index in [1.807, 2.05) is 0 Å². The number of rotatable bonds is 4. The number of hydrogen-bond donors (Lipinski definition) is 1. The number of nitrogens with zero attached hydrogens (tertiary/aromatic N) is 2. The summed E-state index contributed by atoms with van der Waals surface area (Å²) in [5, 5.41) is 14.2. The second kappa shape index (κ2) is 5.48. The number of hydrogen-bond acceptors (Lipinski definition) is 4. The van der Waals surface area contributed by atoms with Crippen LogP contribution < -0.4 is 5.32 Å². The molecule has 0 bridgehead atoms. The van der Waals surface area contributed by atoms with E-state index in [9.17, 15) is 14.9 Å². The van der Waals surface area contributed by atoms with Gasteiger partial charge in [0.25, 0.3) is 11.6 Å². The van der Waals surface area contributed by atoms with Crippen molar-refractivity contribution in [3.63, 3.8) is 0 Å². The summed E-state index contributed by atoms with van der Waals surface area (Å²) < 4.78 is 0. The average Bonchev–Trinajstić information content (AvgIpc) is 2.35. The molecular weight excluding hydrogens is 258 g/mol. The van der Waals surface area contributed by atoms with Crippen molar-refractivity contribution in [1.29, 1.82) is 0 Å². The van der Waals surface area contributed by atoms with Gasteiger partial charge in [-0.25, -0.2) is 0 Å². The van der Waals surface area contributed by atoms with Crippen molar-refractivity contribution in [3.05, 3.63) is 33.9 Å². The zero-order chi connectivity index (χ0) is 14.9. The third-order valence-electron chi connectivity index (χ3n) is 3.58. The van der Waals surface area contributed by atoms with E-state index in [1.54, 1.807) is 20.2 Å². The Morgan fingerprint density at radius 3 is 2.55 bits per heavy atom. The van der Waals surface area contributed by atoms with E-state index >= 15 is 0 Å². The second-order valence-electron chi connectivity index (χ2n) is 5.61. The molecule has 0 spiro atoms.